The first-order valence-electron chi connectivity index (χ1n) is 9.44. The van der Waals surface area contributed by atoms with Crippen LogP contribution in [0.15, 0.2) is 48.9 Å². The first-order chi connectivity index (χ1) is 14.2. The molecule has 0 spiro atoms. The Morgan fingerprint density at radius 2 is 2.07 bits per heavy atom. The van der Waals surface area contributed by atoms with Crippen LogP contribution in [0.3, 0.4) is 0 Å². The van der Waals surface area contributed by atoms with E-state index in [-0.39, 0.29) is 12.0 Å². The van der Waals surface area contributed by atoms with Crippen LogP contribution in [0.4, 0.5) is 0 Å². The fourth-order valence-electron chi connectivity index (χ4n) is 3.53. The van der Waals surface area contributed by atoms with E-state index < -0.39 is 0 Å². The molecule has 29 heavy (non-hydrogen) atoms. The number of ether oxygens (including phenoxy) is 1. The van der Waals surface area contributed by atoms with Crippen LogP contribution in [-0.4, -0.2) is 50.0 Å². The van der Waals surface area contributed by atoms with Crippen molar-refractivity contribution >= 4 is 5.91 Å². The van der Waals surface area contributed by atoms with Gasteiger partial charge in [0.1, 0.15) is 6.10 Å². The van der Waals surface area contributed by atoms with E-state index >= 15 is 0 Å². The quantitative estimate of drug-likeness (QED) is 0.681. The summed E-state index contributed by atoms with van der Waals surface area (Å²) in [6, 6.07) is 11.0. The van der Waals surface area contributed by atoms with Gasteiger partial charge in [0.25, 0.3) is 5.91 Å². The number of carbonyl (C=O) groups excluding carboxylic acids is 1. The summed E-state index contributed by atoms with van der Waals surface area (Å²) in [4.78, 5) is 20.8. The average molecular weight is 388 g/mol. The molecule has 0 saturated carbocycles. The van der Waals surface area contributed by atoms with E-state index in [1.54, 1.807) is 35.6 Å². The highest BCUT2D eigenvalue weighted by Crippen LogP contribution is 2.23. The highest BCUT2D eigenvalue weighted by molar-refractivity contribution is 5.99. The zero-order chi connectivity index (χ0) is 20.2. The van der Waals surface area contributed by atoms with Crippen molar-refractivity contribution in [2.75, 3.05) is 13.1 Å². The Balaban J connectivity index is 1.55. The van der Waals surface area contributed by atoms with E-state index in [4.69, 9.17) is 10.00 Å². The molecule has 1 amide bonds. The fraction of sp³-hybridized carbons (Fsp3) is 0.286. The molecule has 3 aromatic rings. The molecule has 8 nitrogen and oxygen atoms in total. The van der Waals surface area contributed by atoms with Gasteiger partial charge in [0, 0.05) is 18.8 Å². The maximum atomic E-state index is 13.4. The largest absolute Gasteiger partial charge is 0.472 e. The minimum atomic E-state index is -0.176. The third-order valence-electron chi connectivity index (χ3n) is 4.92. The highest BCUT2D eigenvalue weighted by atomic mass is 16.5. The zero-order valence-corrected chi connectivity index (χ0v) is 16.0. The number of nitriles is 1. The number of aromatic nitrogens is 4. The van der Waals surface area contributed by atoms with Gasteiger partial charge in [-0.3, -0.25) is 4.79 Å². The summed E-state index contributed by atoms with van der Waals surface area (Å²) >= 11 is 0. The number of aryl methyl sites for hydroxylation is 1. The number of hydrogen-bond donors (Lipinski definition) is 0. The van der Waals surface area contributed by atoms with Gasteiger partial charge in [0.05, 0.1) is 41.8 Å². The fourth-order valence-corrected chi connectivity index (χ4v) is 3.53. The maximum Gasteiger partial charge on any atom is 0.256 e. The molecule has 2 aromatic heterocycles. The summed E-state index contributed by atoms with van der Waals surface area (Å²) in [5.74, 6) is 0.336. The average Bonchev–Trinajstić information content (AvgIpc) is 3.28. The molecule has 3 heterocycles. The second-order valence-electron chi connectivity index (χ2n) is 6.92. The first-order valence-corrected chi connectivity index (χ1v) is 9.44. The molecule has 1 fully saturated rings. The summed E-state index contributed by atoms with van der Waals surface area (Å²) in [5.41, 5.74) is 2.62. The Morgan fingerprint density at radius 1 is 1.24 bits per heavy atom. The van der Waals surface area contributed by atoms with E-state index in [9.17, 15) is 4.79 Å². The van der Waals surface area contributed by atoms with Gasteiger partial charge in [-0.1, -0.05) is 12.1 Å². The van der Waals surface area contributed by atoms with Crippen LogP contribution in [0.25, 0.3) is 5.69 Å². The molecule has 146 valence electrons. The number of likely N-dealkylation sites (tertiary alicyclic amines) is 1. The molecule has 0 radical (unpaired) electrons. The van der Waals surface area contributed by atoms with Crippen molar-refractivity contribution < 1.29 is 9.53 Å². The van der Waals surface area contributed by atoms with Crippen molar-refractivity contribution in [1.29, 1.82) is 5.26 Å². The van der Waals surface area contributed by atoms with Crippen molar-refractivity contribution in [2.24, 2.45) is 0 Å². The van der Waals surface area contributed by atoms with Crippen LogP contribution < -0.4 is 4.74 Å². The molecule has 0 N–H and O–H groups in total. The minimum Gasteiger partial charge on any atom is -0.472 e. The summed E-state index contributed by atoms with van der Waals surface area (Å²) in [7, 11) is 0. The van der Waals surface area contributed by atoms with Crippen LogP contribution in [0, 0.1) is 18.3 Å². The molecular formula is C21H20N6O2. The van der Waals surface area contributed by atoms with Crippen molar-refractivity contribution in [3.05, 3.63) is 65.6 Å². The molecule has 4 rings (SSSR count). The van der Waals surface area contributed by atoms with E-state index in [0.717, 1.165) is 18.4 Å². The number of carbonyl (C=O) groups is 1. The van der Waals surface area contributed by atoms with Crippen molar-refractivity contribution in [1.82, 2.24) is 24.9 Å². The van der Waals surface area contributed by atoms with E-state index in [0.29, 0.717) is 35.8 Å². The lowest BCUT2D eigenvalue weighted by molar-refractivity contribution is 0.0527. The third-order valence-corrected chi connectivity index (χ3v) is 4.92. The van der Waals surface area contributed by atoms with E-state index in [2.05, 4.69) is 21.3 Å². The van der Waals surface area contributed by atoms with Gasteiger partial charge in [0.2, 0.25) is 5.88 Å². The summed E-state index contributed by atoms with van der Waals surface area (Å²) in [6.07, 6.45) is 6.20. The van der Waals surface area contributed by atoms with Crippen molar-refractivity contribution in [3.63, 3.8) is 0 Å². The van der Waals surface area contributed by atoms with Gasteiger partial charge in [0.15, 0.2) is 0 Å². The monoisotopic (exact) mass is 388 g/mol. The van der Waals surface area contributed by atoms with Gasteiger partial charge in [-0.25, -0.2) is 4.98 Å². The summed E-state index contributed by atoms with van der Waals surface area (Å²) in [5, 5.41) is 17.4. The lowest BCUT2D eigenvalue weighted by atomic mass is 10.0. The molecular weight excluding hydrogens is 368 g/mol. The van der Waals surface area contributed by atoms with Crippen LogP contribution in [-0.2, 0) is 0 Å². The van der Waals surface area contributed by atoms with Crippen molar-refractivity contribution in [2.45, 2.75) is 25.9 Å². The van der Waals surface area contributed by atoms with Crippen LogP contribution in [0.5, 0.6) is 5.88 Å². The number of piperidine rings is 1. The number of hydrogen-bond acceptors (Lipinski definition) is 6. The summed E-state index contributed by atoms with van der Waals surface area (Å²) in [6.45, 7) is 3.03. The molecule has 1 aliphatic heterocycles. The number of benzene rings is 1. The Kier molecular flexibility index (Phi) is 5.20. The molecule has 8 heteroatoms. The number of pyridine rings is 1. The second kappa shape index (κ2) is 8.10. The molecule has 0 bridgehead atoms. The molecule has 1 atom stereocenters. The molecule has 1 saturated heterocycles. The van der Waals surface area contributed by atoms with Gasteiger partial charge in [-0.05, 0) is 37.5 Å². The standard InChI is InChI=1S/C21H20N6O2/c1-15-4-2-6-18(27-24-9-10-25-27)20(15)21(28)26-11-3-5-17(14-26)29-19-12-16(13-22)7-8-23-19/h2,4,6-10,12,17H,3,5,11,14H2,1H3. The lowest BCUT2D eigenvalue weighted by Crippen LogP contribution is -2.45. The topological polar surface area (TPSA) is 96.9 Å². The SMILES string of the molecule is Cc1cccc(-n2nccn2)c1C(=O)N1CCCC(Oc2cc(C#N)ccn2)C1. The third kappa shape index (κ3) is 3.94. The van der Waals surface area contributed by atoms with Gasteiger partial charge in [-0.2, -0.15) is 20.3 Å². The van der Waals surface area contributed by atoms with Gasteiger partial charge < -0.3 is 9.64 Å². The van der Waals surface area contributed by atoms with Crippen LogP contribution >= 0.6 is 0 Å². The van der Waals surface area contributed by atoms with Gasteiger partial charge >= 0.3 is 0 Å². The number of nitrogens with zero attached hydrogens (tertiary/aromatic N) is 6. The van der Waals surface area contributed by atoms with Crippen LogP contribution in [0.1, 0.15) is 34.3 Å². The van der Waals surface area contributed by atoms with Crippen LogP contribution in [0.2, 0.25) is 0 Å². The van der Waals surface area contributed by atoms with E-state index in [1.807, 2.05) is 25.1 Å². The Bertz CT molecular complexity index is 1060. The Morgan fingerprint density at radius 3 is 2.86 bits per heavy atom. The molecule has 1 unspecified atom stereocenters. The first kappa shape index (κ1) is 18.6. The van der Waals surface area contributed by atoms with Gasteiger partial charge in [-0.15, -0.1) is 0 Å². The molecule has 0 aliphatic carbocycles. The molecule has 1 aromatic carbocycles. The lowest BCUT2D eigenvalue weighted by Gasteiger charge is -2.33. The predicted molar refractivity (Wildman–Crippen MR) is 105 cm³/mol. The Hall–Kier alpha value is -3.73. The smallest absolute Gasteiger partial charge is 0.256 e. The Labute approximate surface area is 168 Å². The predicted octanol–water partition coefficient (Wildman–Crippen LogP) is 2.53. The normalized spacial score (nSPS) is 16.3. The zero-order valence-electron chi connectivity index (χ0n) is 16.0. The molecule has 1 aliphatic rings. The highest BCUT2D eigenvalue weighted by Gasteiger charge is 2.28. The second-order valence-corrected chi connectivity index (χ2v) is 6.92. The number of amides is 1. The number of rotatable bonds is 4. The van der Waals surface area contributed by atoms with Crippen molar-refractivity contribution in [3.8, 4) is 17.6 Å². The van der Waals surface area contributed by atoms with E-state index in [1.165, 1.54) is 4.80 Å². The maximum absolute atomic E-state index is 13.4. The minimum absolute atomic E-state index is 0.0672. The summed E-state index contributed by atoms with van der Waals surface area (Å²) < 4.78 is 5.96.